The van der Waals surface area contributed by atoms with Gasteiger partial charge >= 0.3 is 0 Å². The Morgan fingerprint density at radius 2 is 1.93 bits per heavy atom. The van der Waals surface area contributed by atoms with Crippen LogP contribution in [-0.4, -0.2) is 33.0 Å². The first-order valence-corrected chi connectivity index (χ1v) is 9.66. The summed E-state index contributed by atoms with van der Waals surface area (Å²) in [5.41, 5.74) is 4.27. The number of hydrogen-bond donors (Lipinski definition) is 2. The second-order valence-corrected chi connectivity index (χ2v) is 7.04. The first kappa shape index (κ1) is 21.2. The van der Waals surface area contributed by atoms with Crippen LogP contribution >= 0.6 is 0 Å². The molecule has 3 rings (SSSR count). The molecule has 0 aliphatic carbocycles. The van der Waals surface area contributed by atoms with Gasteiger partial charge in [0.2, 0.25) is 5.91 Å². The molecular weight excluding hydrogens is 382 g/mol. The van der Waals surface area contributed by atoms with Crippen molar-refractivity contribution in [3.8, 4) is 17.1 Å². The van der Waals surface area contributed by atoms with Gasteiger partial charge in [-0.2, -0.15) is 0 Å². The summed E-state index contributed by atoms with van der Waals surface area (Å²) in [7, 11) is 1.62. The Kier molecular flexibility index (Phi) is 6.56. The van der Waals surface area contributed by atoms with Crippen LogP contribution in [0, 0.1) is 20.8 Å². The standard InChI is InChI=1S/C22H25N5O3/c1-13-11-24-18(14(2)20(13)30-4)12-25-19(28)6-5-17-15(3)26-21(27-22(17)29)16-7-9-23-10-8-16/h7-11H,5-6,12H2,1-4H3,(H,25,28)(H,26,27,29). The first-order chi connectivity index (χ1) is 14.4. The Morgan fingerprint density at radius 1 is 1.20 bits per heavy atom. The lowest BCUT2D eigenvalue weighted by Gasteiger charge is -2.13. The van der Waals surface area contributed by atoms with Crippen LogP contribution in [0.5, 0.6) is 5.75 Å². The minimum absolute atomic E-state index is 0.159. The van der Waals surface area contributed by atoms with Gasteiger partial charge in [0.25, 0.3) is 5.56 Å². The van der Waals surface area contributed by atoms with Crippen LogP contribution < -0.4 is 15.6 Å². The third-order valence-electron chi connectivity index (χ3n) is 4.98. The number of carbonyl (C=O) groups excluding carboxylic acids is 1. The van der Waals surface area contributed by atoms with Gasteiger partial charge in [-0.1, -0.05) is 0 Å². The van der Waals surface area contributed by atoms with E-state index >= 15 is 0 Å². The number of nitrogens with one attached hydrogen (secondary N) is 2. The summed E-state index contributed by atoms with van der Waals surface area (Å²) in [4.78, 5) is 40.4. The van der Waals surface area contributed by atoms with Crippen molar-refractivity contribution in [2.24, 2.45) is 0 Å². The Balaban J connectivity index is 1.63. The Labute approximate surface area is 174 Å². The third kappa shape index (κ3) is 4.71. The van der Waals surface area contributed by atoms with E-state index in [0.29, 0.717) is 30.0 Å². The van der Waals surface area contributed by atoms with Crippen molar-refractivity contribution in [2.75, 3.05) is 7.11 Å². The molecule has 1 amide bonds. The lowest BCUT2D eigenvalue weighted by molar-refractivity contribution is -0.121. The van der Waals surface area contributed by atoms with E-state index in [1.165, 1.54) is 0 Å². The van der Waals surface area contributed by atoms with Crippen LogP contribution in [0.15, 0.2) is 35.5 Å². The summed E-state index contributed by atoms with van der Waals surface area (Å²) in [6.07, 6.45) is 5.50. The Bertz CT molecular complexity index is 1110. The number of carbonyl (C=O) groups is 1. The third-order valence-corrected chi connectivity index (χ3v) is 4.98. The summed E-state index contributed by atoms with van der Waals surface area (Å²) >= 11 is 0. The van der Waals surface area contributed by atoms with Crippen molar-refractivity contribution in [3.05, 3.63) is 69.2 Å². The average molecular weight is 407 g/mol. The summed E-state index contributed by atoms with van der Waals surface area (Å²) in [5, 5.41) is 2.86. The Hall–Kier alpha value is -3.55. The number of hydrogen-bond acceptors (Lipinski definition) is 6. The topological polar surface area (TPSA) is 110 Å². The second kappa shape index (κ2) is 9.30. The molecule has 0 aromatic carbocycles. The minimum Gasteiger partial charge on any atom is -0.496 e. The summed E-state index contributed by atoms with van der Waals surface area (Å²) in [6, 6.07) is 3.56. The zero-order valence-electron chi connectivity index (χ0n) is 17.6. The highest BCUT2D eigenvalue weighted by Gasteiger charge is 2.13. The highest BCUT2D eigenvalue weighted by Crippen LogP contribution is 2.23. The summed E-state index contributed by atoms with van der Waals surface area (Å²) in [5.74, 6) is 1.10. The lowest BCUT2D eigenvalue weighted by atomic mass is 10.1. The zero-order valence-corrected chi connectivity index (χ0v) is 17.6. The molecule has 0 fully saturated rings. The van der Waals surface area contributed by atoms with Gasteiger partial charge in [0.1, 0.15) is 11.6 Å². The highest BCUT2D eigenvalue weighted by atomic mass is 16.5. The first-order valence-electron chi connectivity index (χ1n) is 9.66. The van der Waals surface area contributed by atoms with Crippen LogP contribution in [0.3, 0.4) is 0 Å². The van der Waals surface area contributed by atoms with E-state index in [4.69, 9.17) is 4.74 Å². The molecule has 0 aliphatic rings. The molecular formula is C22H25N5O3. The molecule has 0 unspecified atom stereocenters. The van der Waals surface area contributed by atoms with Gasteiger partial charge in [-0.15, -0.1) is 0 Å². The molecule has 156 valence electrons. The van der Waals surface area contributed by atoms with Crippen molar-refractivity contribution in [1.29, 1.82) is 0 Å². The van der Waals surface area contributed by atoms with Crippen LogP contribution in [-0.2, 0) is 17.8 Å². The fourth-order valence-corrected chi connectivity index (χ4v) is 3.31. The lowest BCUT2D eigenvalue weighted by Crippen LogP contribution is -2.26. The molecule has 3 aromatic heterocycles. The number of aryl methyl sites for hydroxylation is 2. The van der Waals surface area contributed by atoms with Crippen molar-refractivity contribution in [3.63, 3.8) is 0 Å². The van der Waals surface area contributed by atoms with Crippen LogP contribution in [0.1, 0.15) is 34.5 Å². The number of pyridine rings is 2. The second-order valence-electron chi connectivity index (χ2n) is 7.04. The van der Waals surface area contributed by atoms with E-state index < -0.39 is 0 Å². The van der Waals surface area contributed by atoms with Gasteiger partial charge in [-0.3, -0.25) is 19.6 Å². The number of aromatic nitrogens is 4. The van der Waals surface area contributed by atoms with Gasteiger partial charge in [-0.05, 0) is 39.3 Å². The molecule has 0 bridgehead atoms. The molecule has 8 nitrogen and oxygen atoms in total. The van der Waals surface area contributed by atoms with Gasteiger partial charge in [0.15, 0.2) is 0 Å². The van der Waals surface area contributed by atoms with Gasteiger partial charge < -0.3 is 15.0 Å². The molecule has 0 saturated heterocycles. The van der Waals surface area contributed by atoms with Gasteiger partial charge in [0.05, 0.1) is 19.3 Å². The number of methoxy groups -OCH3 is 1. The molecule has 8 heteroatoms. The number of aromatic amines is 1. The quantitative estimate of drug-likeness (QED) is 0.622. The molecule has 0 atom stereocenters. The van der Waals surface area contributed by atoms with E-state index in [1.54, 1.807) is 44.8 Å². The van der Waals surface area contributed by atoms with Crippen LogP contribution in [0.25, 0.3) is 11.4 Å². The predicted octanol–water partition coefficient (Wildman–Crippen LogP) is 2.41. The van der Waals surface area contributed by atoms with E-state index in [0.717, 1.165) is 28.1 Å². The molecule has 0 spiro atoms. The van der Waals surface area contributed by atoms with Crippen LogP contribution in [0.2, 0.25) is 0 Å². The highest BCUT2D eigenvalue weighted by molar-refractivity contribution is 5.76. The normalized spacial score (nSPS) is 10.7. The monoisotopic (exact) mass is 407 g/mol. The maximum absolute atomic E-state index is 12.5. The smallest absolute Gasteiger partial charge is 0.254 e. The zero-order chi connectivity index (χ0) is 21.7. The van der Waals surface area contributed by atoms with Crippen molar-refractivity contribution < 1.29 is 9.53 Å². The number of ether oxygens (including phenoxy) is 1. The largest absolute Gasteiger partial charge is 0.496 e. The van der Waals surface area contributed by atoms with Crippen molar-refractivity contribution >= 4 is 5.91 Å². The number of amides is 1. The van der Waals surface area contributed by atoms with Gasteiger partial charge in [-0.25, -0.2) is 4.98 Å². The molecule has 0 aliphatic heterocycles. The summed E-state index contributed by atoms with van der Waals surface area (Å²) in [6.45, 7) is 5.92. The molecule has 0 saturated carbocycles. The maximum Gasteiger partial charge on any atom is 0.254 e. The van der Waals surface area contributed by atoms with E-state index in [2.05, 4.69) is 25.3 Å². The van der Waals surface area contributed by atoms with Crippen LogP contribution in [0.4, 0.5) is 0 Å². The average Bonchev–Trinajstić information content (AvgIpc) is 2.73. The van der Waals surface area contributed by atoms with Gasteiger partial charge in [0, 0.05) is 53.0 Å². The predicted molar refractivity (Wildman–Crippen MR) is 113 cm³/mol. The molecule has 30 heavy (non-hydrogen) atoms. The molecule has 3 aromatic rings. The SMILES string of the molecule is COc1c(C)cnc(CNC(=O)CCc2c(C)nc(-c3ccncc3)[nH]c2=O)c1C. The maximum atomic E-state index is 12.5. The van der Waals surface area contributed by atoms with E-state index in [-0.39, 0.29) is 17.9 Å². The van der Waals surface area contributed by atoms with Crippen molar-refractivity contribution in [2.45, 2.75) is 40.2 Å². The fourth-order valence-electron chi connectivity index (χ4n) is 3.31. The fraction of sp³-hybridized carbons (Fsp3) is 0.318. The number of H-pyrrole nitrogens is 1. The number of rotatable bonds is 7. The molecule has 0 radical (unpaired) electrons. The molecule has 3 heterocycles. The van der Waals surface area contributed by atoms with E-state index in [9.17, 15) is 9.59 Å². The van der Waals surface area contributed by atoms with Crippen molar-refractivity contribution in [1.82, 2.24) is 25.3 Å². The van der Waals surface area contributed by atoms with E-state index in [1.807, 2.05) is 13.8 Å². The summed E-state index contributed by atoms with van der Waals surface area (Å²) < 4.78 is 5.40. The minimum atomic E-state index is -0.233. The Morgan fingerprint density at radius 3 is 2.60 bits per heavy atom. The molecule has 2 N–H and O–H groups in total. The number of nitrogens with zero attached hydrogens (tertiary/aromatic N) is 3.